The predicted molar refractivity (Wildman–Crippen MR) is 65.0 cm³/mol. The normalized spacial score (nSPS) is 11.4. The quantitative estimate of drug-likeness (QED) is 0.891. The Morgan fingerprint density at radius 3 is 2.82 bits per heavy atom. The molecule has 0 bridgehead atoms. The second-order valence-corrected chi connectivity index (χ2v) is 5.94. The standard InChI is InChI=1S/C8H6ClN3O3S2/c9-6-3-5(4-11-7(6)13)17(14,15)12-8-10-1-2-16-8/h1-4H,(H,10,12)(H,11,13). The van der Waals surface area contributed by atoms with Gasteiger partial charge in [0.25, 0.3) is 15.6 Å². The molecule has 0 fully saturated rings. The summed E-state index contributed by atoms with van der Waals surface area (Å²) in [5.74, 6) is 0. The minimum atomic E-state index is -3.78. The zero-order valence-corrected chi connectivity index (χ0v) is 10.6. The third-order valence-electron chi connectivity index (χ3n) is 1.80. The van der Waals surface area contributed by atoms with E-state index in [4.69, 9.17) is 11.6 Å². The number of aromatic nitrogens is 2. The van der Waals surface area contributed by atoms with Crippen LogP contribution in [0.4, 0.5) is 5.13 Å². The Kier molecular flexibility index (Phi) is 3.18. The highest BCUT2D eigenvalue weighted by atomic mass is 35.5. The zero-order chi connectivity index (χ0) is 12.5. The van der Waals surface area contributed by atoms with Crippen LogP contribution in [-0.4, -0.2) is 18.4 Å². The summed E-state index contributed by atoms with van der Waals surface area (Å²) in [5.41, 5.74) is -0.542. The monoisotopic (exact) mass is 291 g/mol. The van der Waals surface area contributed by atoms with Gasteiger partial charge in [0.1, 0.15) is 9.92 Å². The summed E-state index contributed by atoms with van der Waals surface area (Å²) in [6, 6.07) is 1.08. The highest BCUT2D eigenvalue weighted by molar-refractivity contribution is 7.93. The summed E-state index contributed by atoms with van der Waals surface area (Å²) < 4.78 is 25.9. The molecule has 17 heavy (non-hydrogen) atoms. The van der Waals surface area contributed by atoms with Gasteiger partial charge in [-0.15, -0.1) is 11.3 Å². The SMILES string of the molecule is O=c1[nH]cc(S(=O)(=O)Nc2nccs2)cc1Cl. The highest BCUT2D eigenvalue weighted by Crippen LogP contribution is 2.17. The Labute approximate surface area is 105 Å². The molecule has 0 saturated heterocycles. The molecule has 90 valence electrons. The van der Waals surface area contributed by atoms with Crippen LogP contribution in [0.3, 0.4) is 0 Å². The first-order chi connectivity index (χ1) is 7.99. The number of thiazole rings is 1. The molecular weight excluding hydrogens is 286 g/mol. The summed E-state index contributed by atoms with van der Waals surface area (Å²) in [5, 5.41) is 1.69. The van der Waals surface area contributed by atoms with Crippen molar-refractivity contribution in [2.45, 2.75) is 4.90 Å². The molecule has 0 amide bonds. The van der Waals surface area contributed by atoms with Crippen LogP contribution in [0, 0.1) is 0 Å². The second kappa shape index (κ2) is 4.47. The van der Waals surface area contributed by atoms with Gasteiger partial charge in [0.2, 0.25) is 0 Å². The van der Waals surface area contributed by atoms with Crippen LogP contribution in [0.25, 0.3) is 0 Å². The molecule has 0 aromatic carbocycles. The predicted octanol–water partition coefficient (Wildman–Crippen LogP) is 1.29. The molecule has 0 aliphatic heterocycles. The Morgan fingerprint density at radius 1 is 1.47 bits per heavy atom. The lowest BCUT2D eigenvalue weighted by Gasteiger charge is -2.04. The van der Waals surface area contributed by atoms with Crippen LogP contribution < -0.4 is 10.3 Å². The number of hydrogen-bond donors (Lipinski definition) is 2. The molecule has 2 N–H and O–H groups in total. The van der Waals surface area contributed by atoms with Crippen molar-refractivity contribution in [2.24, 2.45) is 0 Å². The van der Waals surface area contributed by atoms with E-state index in [0.717, 1.165) is 23.6 Å². The minimum absolute atomic E-state index is 0.127. The van der Waals surface area contributed by atoms with Crippen molar-refractivity contribution in [3.05, 3.63) is 39.2 Å². The largest absolute Gasteiger partial charge is 0.326 e. The average Bonchev–Trinajstić information content (AvgIpc) is 2.73. The van der Waals surface area contributed by atoms with Gasteiger partial charge < -0.3 is 4.98 Å². The topological polar surface area (TPSA) is 91.9 Å². The number of nitrogens with one attached hydrogen (secondary N) is 2. The van der Waals surface area contributed by atoms with Gasteiger partial charge in [0.05, 0.1) is 0 Å². The number of anilines is 1. The maximum absolute atomic E-state index is 11.8. The summed E-state index contributed by atoms with van der Waals surface area (Å²) >= 11 is 6.70. The minimum Gasteiger partial charge on any atom is -0.326 e. The lowest BCUT2D eigenvalue weighted by atomic mass is 10.5. The van der Waals surface area contributed by atoms with Gasteiger partial charge in [-0.25, -0.2) is 13.4 Å². The van der Waals surface area contributed by atoms with Crippen molar-refractivity contribution in [3.8, 4) is 0 Å². The van der Waals surface area contributed by atoms with E-state index in [1.165, 1.54) is 6.20 Å². The van der Waals surface area contributed by atoms with E-state index in [9.17, 15) is 13.2 Å². The fourth-order valence-electron chi connectivity index (χ4n) is 1.04. The molecule has 0 saturated carbocycles. The first kappa shape index (κ1) is 12.1. The van der Waals surface area contributed by atoms with Gasteiger partial charge in [0.15, 0.2) is 5.13 Å². The molecule has 0 atom stereocenters. The fourth-order valence-corrected chi connectivity index (χ4v) is 3.06. The second-order valence-electron chi connectivity index (χ2n) is 2.96. The molecule has 2 heterocycles. The van der Waals surface area contributed by atoms with Gasteiger partial charge in [-0.3, -0.25) is 9.52 Å². The summed E-state index contributed by atoms with van der Waals surface area (Å²) in [6.45, 7) is 0. The van der Waals surface area contributed by atoms with Gasteiger partial charge in [0, 0.05) is 17.8 Å². The molecule has 0 radical (unpaired) electrons. The highest BCUT2D eigenvalue weighted by Gasteiger charge is 2.16. The molecule has 0 aliphatic carbocycles. The van der Waals surface area contributed by atoms with E-state index in [1.807, 2.05) is 0 Å². The molecule has 0 unspecified atom stereocenters. The van der Waals surface area contributed by atoms with E-state index in [1.54, 1.807) is 5.38 Å². The van der Waals surface area contributed by atoms with Crippen LogP contribution in [-0.2, 0) is 10.0 Å². The molecular formula is C8H6ClN3O3S2. The molecule has 2 rings (SSSR count). The van der Waals surface area contributed by atoms with Crippen molar-refractivity contribution in [3.63, 3.8) is 0 Å². The number of sulfonamides is 1. The van der Waals surface area contributed by atoms with Crippen molar-refractivity contribution in [1.82, 2.24) is 9.97 Å². The fraction of sp³-hybridized carbons (Fsp3) is 0. The first-order valence-corrected chi connectivity index (χ1v) is 7.04. The molecule has 2 aromatic heterocycles. The van der Waals surface area contributed by atoms with E-state index < -0.39 is 15.6 Å². The molecule has 2 aromatic rings. The lowest BCUT2D eigenvalue weighted by Crippen LogP contribution is -2.15. The Hall–Kier alpha value is -1.38. The van der Waals surface area contributed by atoms with Crippen molar-refractivity contribution < 1.29 is 8.42 Å². The average molecular weight is 292 g/mol. The smallest absolute Gasteiger partial charge is 0.266 e. The van der Waals surface area contributed by atoms with Gasteiger partial charge in [-0.2, -0.15) is 0 Å². The van der Waals surface area contributed by atoms with Crippen LogP contribution >= 0.6 is 22.9 Å². The van der Waals surface area contributed by atoms with E-state index in [0.29, 0.717) is 0 Å². The van der Waals surface area contributed by atoms with E-state index in [2.05, 4.69) is 14.7 Å². The number of aromatic amines is 1. The summed E-state index contributed by atoms with van der Waals surface area (Å²) in [7, 11) is -3.78. The van der Waals surface area contributed by atoms with Crippen molar-refractivity contribution in [1.29, 1.82) is 0 Å². The van der Waals surface area contributed by atoms with Gasteiger partial charge in [-0.1, -0.05) is 11.6 Å². The molecule has 0 spiro atoms. The number of H-pyrrole nitrogens is 1. The Bertz CT molecular complexity index is 678. The Balaban J connectivity index is 2.38. The lowest BCUT2D eigenvalue weighted by molar-refractivity contribution is 0.600. The number of rotatable bonds is 3. The van der Waals surface area contributed by atoms with Crippen molar-refractivity contribution >= 4 is 38.1 Å². The van der Waals surface area contributed by atoms with Crippen LogP contribution in [0.2, 0.25) is 5.02 Å². The molecule has 6 nitrogen and oxygen atoms in total. The zero-order valence-electron chi connectivity index (χ0n) is 8.18. The number of nitrogens with zero attached hydrogens (tertiary/aromatic N) is 1. The van der Waals surface area contributed by atoms with Crippen LogP contribution in [0.15, 0.2) is 33.5 Å². The first-order valence-electron chi connectivity index (χ1n) is 4.29. The van der Waals surface area contributed by atoms with Crippen LogP contribution in [0.5, 0.6) is 0 Å². The number of pyridine rings is 1. The van der Waals surface area contributed by atoms with Gasteiger partial charge >= 0.3 is 0 Å². The maximum atomic E-state index is 11.8. The molecule has 9 heteroatoms. The van der Waals surface area contributed by atoms with E-state index >= 15 is 0 Å². The number of hydrogen-bond acceptors (Lipinski definition) is 5. The summed E-state index contributed by atoms with van der Waals surface area (Å²) in [4.78, 5) is 16.9. The third kappa shape index (κ3) is 2.65. The summed E-state index contributed by atoms with van der Waals surface area (Å²) in [6.07, 6.45) is 2.55. The number of halogens is 1. The van der Waals surface area contributed by atoms with E-state index in [-0.39, 0.29) is 15.0 Å². The van der Waals surface area contributed by atoms with Crippen molar-refractivity contribution in [2.75, 3.05) is 4.72 Å². The third-order valence-corrected chi connectivity index (χ3v) is 4.21. The van der Waals surface area contributed by atoms with Gasteiger partial charge in [-0.05, 0) is 6.07 Å². The van der Waals surface area contributed by atoms with Crippen LogP contribution in [0.1, 0.15) is 0 Å². The molecule has 0 aliphatic rings. The maximum Gasteiger partial charge on any atom is 0.266 e. The Morgan fingerprint density at radius 2 is 2.24 bits per heavy atom.